The molecule has 4 rings (SSSR count). The van der Waals surface area contributed by atoms with Gasteiger partial charge < -0.3 is 10.2 Å². The van der Waals surface area contributed by atoms with Gasteiger partial charge in [0.05, 0.1) is 17.8 Å². The minimum Gasteiger partial charge on any atom is -0.366 e. The van der Waals surface area contributed by atoms with Gasteiger partial charge >= 0.3 is 0 Å². The Morgan fingerprint density at radius 3 is 2.57 bits per heavy atom. The molecule has 7 heteroatoms. The van der Waals surface area contributed by atoms with Gasteiger partial charge in [-0.1, -0.05) is 38.1 Å². The number of hydrogen-bond acceptors (Lipinski definition) is 5. The molecule has 2 aliphatic rings. The summed E-state index contributed by atoms with van der Waals surface area (Å²) in [6.45, 7) is 5.47. The maximum absolute atomic E-state index is 13.2. The molecule has 2 aromatic carbocycles. The molecule has 0 fully saturated rings. The first-order valence-electron chi connectivity index (χ1n) is 9.37. The van der Waals surface area contributed by atoms with Gasteiger partial charge in [-0.25, -0.2) is 8.42 Å². The molecule has 6 nitrogen and oxygen atoms in total. The summed E-state index contributed by atoms with van der Waals surface area (Å²) in [7, 11) is -3.73. The predicted molar refractivity (Wildman–Crippen MR) is 110 cm³/mol. The number of fused-ring (bicyclic) bond motifs is 2. The average molecular weight is 398 g/mol. The molecule has 2 heterocycles. The van der Waals surface area contributed by atoms with Crippen LogP contribution in [0.2, 0.25) is 0 Å². The molecule has 0 aromatic heterocycles. The fourth-order valence-electron chi connectivity index (χ4n) is 3.55. The van der Waals surface area contributed by atoms with E-state index >= 15 is 0 Å². The summed E-state index contributed by atoms with van der Waals surface area (Å²) >= 11 is 0. The van der Waals surface area contributed by atoms with Crippen molar-refractivity contribution < 1.29 is 13.2 Å². The summed E-state index contributed by atoms with van der Waals surface area (Å²) in [6.07, 6.45) is 0.979. The third-order valence-electron chi connectivity index (χ3n) is 5.06. The minimum absolute atomic E-state index is 0.152. The minimum atomic E-state index is -3.73. The van der Waals surface area contributed by atoms with Crippen LogP contribution < -0.4 is 14.9 Å². The van der Waals surface area contributed by atoms with Crippen LogP contribution in [0, 0.1) is 5.92 Å². The largest absolute Gasteiger partial charge is 0.366 e. The Labute approximate surface area is 165 Å². The van der Waals surface area contributed by atoms with Crippen molar-refractivity contribution in [3.05, 3.63) is 65.5 Å². The first-order chi connectivity index (χ1) is 13.4. The molecule has 0 spiro atoms. The van der Waals surface area contributed by atoms with Crippen molar-refractivity contribution in [2.24, 2.45) is 5.92 Å². The highest BCUT2D eigenvalue weighted by molar-refractivity contribution is 7.89. The fraction of sp³-hybridized carbons (Fsp3) is 0.286. The number of nitrogens with zero attached hydrogens (tertiary/aromatic N) is 1. The number of anilines is 2. The van der Waals surface area contributed by atoms with E-state index in [-0.39, 0.29) is 16.5 Å². The van der Waals surface area contributed by atoms with Crippen molar-refractivity contribution in [3.8, 4) is 0 Å². The van der Waals surface area contributed by atoms with Crippen LogP contribution in [0.4, 0.5) is 11.4 Å². The molecular weight excluding hydrogens is 374 g/mol. The van der Waals surface area contributed by atoms with Crippen LogP contribution in [0.15, 0.2) is 64.8 Å². The number of rotatable bonds is 3. The monoisotopic (exact) mass is 397 g/mol. The highest BCUT2D eigenvalue weighted by Crippen LogP contribution is 2.33. The van der Waals surface area contributed by atoms with Crippen molar-refractivity contribution >= 4 is 27.2 Å². The second-order valence-corrected chi connectivity index (χ2v) is 9.18. The summed E-state index contributed by atoms with van der Waals surface area (Å²) in [5.41, 5.74) is 2.40. The molecule has 0 bridgehead atoms. The third kappa shape index (κ3) is 3.26. The van der Waals surface area contributed by atoms with Crippen LogP contribution in [-0.2, 0) is 10.0 Å². The SMILES string of the molecule is CC(C)CCN1CC(=C2Nc3ccccc3S(=O)(=O)N2)C(=O)c2ccccc21. The van der Waals surface area contributed by atoms with Gasteiger partial charge in [0.25, 0.3) is 10.0 Å². The van der Waals surface area contributed by atoms with Crippen molar-refractivity contribution in [2.45, 2.75) is 25.2 Å². The Morgan fingerprint density at radius 1 is 1.07 bits per heavy atom. The molecular formula is C21H23N3O3S. The predicted octanol–water partition coefficient (Wildman–Crippen LogP) is 3.35. The molecule has 0 saturated carbocycles. The number of para-hydroxylation sites is 2. The quantitative estimate of drug-likeness (QED) is 0.777. The second kappa shape index (κ2) is 6.98. The van der Waals surface area contributed by atoms with Gasteiger partial charge in [-0.2, -0.15) is 0 Å². The fourth-order valence-corrected chi connectivity index (χ4v) is 4.77. The van der Waals surface area contributed by atoms with E-state index in [0.29, 0.717) is 29.3 Å². The molecule has 2 N–H and O–H groups in total. The normalized spacial score (nSPS) is 20.2. The topological polar surface area (TPSA) is 78.5 Å². The molecule has 0 radical (unpaired) electrons. The molecule has 0 atom stereocenters. The number of carbonyl (C=O) groups excluding carboxylic acids is 1. The van der Waals surface area contributed by atoms with Gasteiger partial charge in [0, 0.05) is 17.8 Å². The van der Waals surface area contributed by atoms with E-state index in [1.807, 2.05) is 18.2 Å². The van der Waals surface area contributed by atoms with Crippen molar-refractivity contribution in [2.75, 3.05) is 23.3 Å². The van der Waals surface area contributed by atoms with E-state index in [1.54, 1.807) is 30.3 Å². The van der Waals surface area contributed by atoms with Gasteiger partial charge in [0.1, 0.15) is 10.7 Å². The third-order valence-corrected chi connectivity index (χ3v) is 6.47. The number of carbonyl (C=O) groups is 1. The number of ketones is 1. The van der Waals surface area contributed by atoms with Gasteiger partial charge in [0.15, 0.2) is 5.78 Å². The Bertz CT molecular complexity index is 1070. The lowest BCUT2D eigenvalue weighted by molar-refractivity contribution is 0.102. The lowest BCUT2D eigenvalue weighted by atomic mass is 9.95. The maximum atomic E-state index is 13.2. The number of Topliss-reactive ketones (excluding diaryl/α,β-unsaturated/α-hetero) is 1. The van der Waals surface area contributed by atoms with Gasteiger partial charge in [-0.05, 0) is 36.6 Å². The lowest BCUT2D eigenvalue weighted by Crippen LogP contribution is -2.41. The molecule has 0 saturated heterocycles. The highest BCUT2D eigenvalue weighted by atomic mass is 32.2. The molecule has 0 unspecified atom stereocenters. The summed E-state index contributed by atoms with van der Waals surface area (Å²) < 4.78 is 27.9. The summed E-state index contributed by atoms with van der Waals surface area (Å²) in [5, 5.41) is 3.11. The van der Waals surface area contributed by atoms with Gasteiger partial charge in [0.2, 0.25) is 0 Å². The molecule has 28 heavy (non-hydrogen) atoms. The zero-order valence-corrected chi connectivity index (χ0v) is 16.7. The van der Waals surface area contributed by atoms with Crippen molar-refractivity contribution in [1.82, 2.24) is 4.72 Å². The van der Waals surface area contributed by atoms with Crippen LogP contribution in [0.3, 0.4) is 0 Å². The zero-order valence-electron chi connectivity index (χ0n) is 15.9. The van der Waals surface area contributed by atoms with Crippen LogP contribution >= 0.6 is 0 Å². The number of sulfonamides is 1. The molecule has 0 amide bonds. The zero-order chi connectivity index (χ0) is 19.9. The Balaban J connectivity index is 1.79. The summed E-state index contributed by atoms with van der Waals surface area (Å²) in [4.78, 5) is 15.5. The maximum Gasteiger partial charge on any atom is 0.265 e. The standard InChI is InChI=1S/C21H23N3O3S/c1-14(2)11-12-24-13-16(20(25)15-7-3-5-9-18(15)24)21-22-17-8-4-6-10-19(17)28(26,27)23-21/h3-10,14,22-23H,11-13H2,1-2H3. The van der Waals surface area contributed by atoms with Crippen LogP contribution in [0.5, 0.6) is 0 Å². The van der Waals surface area contributed by atoms with E-state index in [1.165, 1.54) is 0 Å². The molecule has 146 valence electrons. The first kappa shape index (κ1) is 18.6. The van der Waals surface area contributed by atoms with Gasteiger partial charge in [-0.15, -0.1) is 0 Å². The van der Waals surface area contributed by atoms with Crippen molar-refractivity contribution in [3.63, 3.8) is 0 Å². The smallest absolute Gasteiger partial charge is 0.265 e. The Morgan fingerprint density at radius 2 is 1.79 bits per heavy atom. The van der Waals surface area contributed by atoms with Crippen molar-refractivity contribution in [1.29, 1.82) is 0 Å². The second-order valence-electron chi connectivity index (χ2n) is 7.53. The van der Waals surface area contributed by atoms with E-state index in [2.05, 4.69) is 28.8 Å². The van der Waals surface area contributed by atoms with E-state index in [0.717, 1.165) is 18.7 Å². The number of nitrogens with one attached hydrogen (secondary N) is 2. The first-order valence-corrected chi connectivity index (χ1v) is 10.9. The van der Waals surface area contributed by atoms with Crippen LogP contribution in [0.25, 0.3) is 0 Å². The summed E-state index contributed by atoms with van der Waals surface area (Å²) in [5.74, 6) is 0.618. The van der Waals surface area contributed by atoms with Crippen LogP contribution in [0.1, 0.15) is 30.6 Å². The Hall–Kier alpha value is -2.80. The Kier molecular flexibility index (Phi) is 4.63. The number of hydrogen-bond donors (Lipinski definition) is 2. The van der Waals surface area contributed by atoms with E-state index in [9.17, 15) is 13.2 Å². The van der Waals surface area contributed by atoms with Crippen LogP contribution in [-0.4, -0.2) is 27.3 Å². The molecule has 2 aromatic rings. The average Bonchev–Trinajstić information content (AvgIpc) is 2.67. The highest BCUT2D eigenvalue weighted by Gasteiger charge is 2.33. The summed E-state index contributed by atoms with van der Waals surface area (Å²) in [6, 6.07) is 14.2. The number of benzene rings is 2. The van der Waals surface area contributed by atoms with E-state index in [4.69, 9.17) is 0 Å². The molecule has 2 aliphatic heterocycles. The van der Waals surface area contributed by atoms with Gasteiger partial charge in [-0.3, -0.25) is 9.52 Å². The van der Waals surface area contributed by atoms with E-state index < -0.39 is 10.0 Å². The molecule has 0 aliphatic carbocycles. The lowest BCUT2D eigenvalue weighted by Gasteiger charge is -2.34.